The molecule has 1 saturated heterocycles. The fourth-order valence-electron chi connectivity index (χ4n) is 3.12. The molecule has 0 aromatic heterocycles. The number of rotatable bonds is 3. The van der Waals surface area contributed by atoms with Gasteiger partial charge >= 0.3 is 19.1 Å². The van der Waals surface area contributed by atoms with Crippen LogP contribution in [-0.4, -0.2) is 35.4 Å². The molecule has 1 aromatic rings. The maximum Gasteiger partial charge on any atom is 0.495 e. The molecule has 0 aliphatic carbocycles. The molecule has 1 unspecified atom stereocenters. The van der Waals surface area contributed by atoms with Crippen LogP contribution >= 0.6 is 0 Å². The third-order valence-corrected chi connectivity index (χ3v) is 5.07. The molecule has 1 N–H and O–H groups in total. The Morgan fingerprint density at radius 2 is 1.88 bits per heavy atom. The highest BCUT2D eigenvalue weighted by molar-refractivity contribution is 6.62. The van der Waals surface area contributed by atoms with Gasteiger partial charge in [0.1, 0.15) is 5.75 Å². The Kier molecular flexibility index (Phi) is 3.96. The summed E-state index contributed by atoms with van der Waals surface area (Å²) < 4.78 is 17.5. The van der Waals surface area contributed by atoms with Crippen molar-refractivity contribution in [1.82, 2.24) is 0 Å². The second-order valence-electron chi connectivity index (χ2n) is 7.32. The number of fused-ring (bicyclic) bond motifs is 1. The van der Waals surface area contributed by atoms with Crippen molar-refractivity contribution in [2.45, 2.75) is 57.7 Å². The van der Waals surface area contributed by atoms with Crippen LogP contribution in [0, 0.1) is 0 Å². The first kappa shape index (κ1) is 17.0. The van der Waals surface area contributed by atoms with Crippen molar-refractivity contribution >= 4 is 24.5 Å². The van der Waals surface area contributed by atoms with Gasteiger partial charge in [-0.05, 0) is 44.8 Å². The van der Waals surface area contributed by atoms with Crippen LogP contribution < -0.4 is 10.2 Å². The largest absolute Gasteiger partial charge is 0.495 e. The van der Waals surface area contributed by atoms with Crippen molar-refractivity contribution in [3.05, 3.63) is 23.8 Å². The third kappa shape index (κ3) is 2.82. The van der Waals surface area contributed by atoms with E-state index >= 15 is 0 Å². The molecule has 1 atom stereocenters. The second-order valence-corrected chi connectivity index (χ2v) is 7.32. The molecule has 24 heavy (non-hydrogen) atoms. The minimum atomic E-state index is -0.954. The summed E-state index contributed by atoms with van der Waals surface area (Å²) in [7, 11) is -0.627. The number of carboxylic acids is 1. The van der Waals surface area contributed by atoms with Gasteiger partial charge in [-0.1, -0.05) is 12.1 Å². The van der Waals surface area contributed by atoms with Gasteiger partial charge in [0.15, 0.2) is 0 Å². The smallest absolute Gasteiger partial charge is 0.481 e. The number of ether oxygens (including phenoxy) is 1. The van der Waals surface area contributed by atoms with E-state index in [0.29, 0.717) is 11.3 Å². The molecule has 1 fully saturated rings. The van der Waals surface area contributed by atoms with Crippen LogP contribution in [0.2, 0.25) is 0 Å². The lowest BCUT2D eigenvalue weighted by Crippen LogP contribution is -2.41. The van der Waals surface area contributed by atoms with Crippen LogP contribution in [0.5, 0.6) is 5.75 Å². The molecule has 3 rings (SSSR count). The van der Waals surface area contributed by atoms with Gasteiger partial charge in [-0.2, -0.15) is 0 Å². The Labute approximate surface area is 141 Å². The summed E-state index contributed by atoms with van der Waals surface area (Å²) >= 11 is 0. The SMILES string of the molecule is CC1(C)OB(c2cccc3c2C(CC(=O)O)CC(=O)O3)OC1(C)C. The van der Waals surface area contributed by atoms with Gasteiger partial charge in [0.25, 0.3) is 0 Å². The Morgan fingerprint density at radius 3 is 2.46 bits per heavy atom. The summed E-state index contributed by atoms with van der Waals surface area (Å²) in [4.78, 5) is 23.0. The van der Waals surface area contributed by atoms with Crippen LogP contribution in [0.25, 0.3) is 0 Å². The lowest BCUT2D eigenvalue weighted by molar-refractivity contribution is -0.139. The van der Waals surface area contributed by atoms with Gasteiger partial charge in [0, 0.05) is 5.92 Å². The Balaban J connectivity index is 2.04. The number of benzene rings is 1. The van der Waals surface area contributed by atoms with E-state index in [4.69, 9.17) is 14.0 Å². The van der Waals surface area contributed by atoms with Crippen LogP contribution in [-0.2, 0) is 18.9 Å². The summed E-state index contributed by atoms with van der Waals surface area (Å²) in [5.74, 6) is -1.43. The maximum atomic E-state index is 11.8. The van der Waals surface area contributed by atoms with Gasteiger partial charge in [-0.15, -0.1) is 0 Å². The molecule has 6 nitrogen and oxygen atoms in total. The molecule has 1 aromatic carbocycles. The van der Waals surface area contributed by atoms with Crippen molar-refractivity contribution in [3.63, 3.8) is 0 Å². The molecule has 2 heterocycles. The first-order valence-electron chi connectivity index (χ1n) is 8.01. The van der Waals surface area contributed by atoms with Crippen molar-refractivity contribution in [1.29, 1.82) is 0 Å². The zero-order chi connectivity index (χ0) is 17.7. The maximum absolute atomic E-state index is 11.8. The van der Waals surface area contributed by atoms with E-state index in [2.05, 4.69) is 0 Å². The fourth-order valence-corrected chi connectivity index (χ4v) is 3.12. The molecule has 128 valence electrons. The van der Waals surface area contributed by atoms with Crippen LogP contribution in [0.1, 0.15) is 52.0 Å². The lowest BCUT2D eigenvalue weighted by Gasteiger charge is -2.32. The summed E-state index contributed by atoms with van der Waals surface area (Å²) in [6, 6.07) is 5.28. The zero-order valence-corrected chi connectivity index (χ0v) is 14.3. The molecular weight excluding hydrogens is 311 g/mol. The summed E-state index contributed by atoms with van der Waals surface area (Å²) in [6.45, 7) is 7.82. The molecule has 0 saturated carbocycles. The summed E-state index contributed by atoms with van der Waals surface area (Å²) in [6.07, 6.45) is -0.103. The van der Waals surface area contributed by atoms with E-state index < -0.39 is 36.2 Å². The fraction of sp³-hybridized carbons (Fsp3) is 0.529. The number of hydrogen-bond acceptors (Lipinski definition) is 5. The van der Waals surface area contributed by atoms with Crippen molar-refractivity contribution < 1.29 is 28.7 Å². The van der Waals surface area contributed by atoms with E-state index in [1.165, 1.54) is 0 Å². The average Bonchev–Trinajstić information content (AvgIpc) is 2.65. The first-order chi connectivity index (χ1) is 11.1. The highest BCUT2D eigenvalue weighted by Gasteiger charge is 2.53. The first-order valence-corrected chi connectivity index (χ1v) is 8.01. The van der Waals surface area contributed by atoms with Gasteiger partial charge in [-0.3, -0.25) is 9.59 Å². The molecule has 7 heteroatoms. The predicted octanol–water partition coefficient (Wildman–Crippen LogP) is 1.85. The highest BCUT2D eigenvalue weighted by Crippen LogP contribution is 2.40. The van der Waals surface area contributed by atoms with E-state index in [1.54, 1.807) is 12.1 Å². The Hall–Kier alpha value is -1.86. The number of hydrogen-bond donors (Lipinski definition) is 1. The number of esters is 1. The molecular formula is C17H21BO6. The number of carbonyl (C=O) groups excluding carboxylic acids is 1. The molecule has 0 radical (unpaired) electrons. The van der Waals surface area contributed by atoms with E-state index in [9.17, 15) is 14.7 Å². The normalized spacial score (nSPS) is 24.4. The van der Waals surface area contributed by atoms with E-state index in [-0.39, 0.29) is 12.8 Å². The minimum Gasteiger partial charge on any atom is -0.481 e. The molecule has 2 aliphatic rings. The highest BCUT2D eigenvalue weighted by atomic mass is 16.7. The Bertz CT molecular complexity index is 680. The molecule has 0 spiro atoms. The zero-order valence-electron chi connectivity index (χ0n) is 14.3. The van der Waals surface area contributed by atoms with Crippen molar-refractivity contribution in [3.8, 4) is 5.75 Å². The van der Waals surface area contributed by atoms with E-state index in [1.807, 2.05) is 33.8 Å². The number of carboxylic acid groups (broad SMARTS) is 1. The quantitative estimate of drug-likeness (QED) is 0.517. The van der Waals surface area contributed by atoms with Gasteiger partial charge in [0.2, 0.25) is 0 Å². The lowest BCUT2D eigenvalue weighted by atomic mass is 9.71. The van der Waals surface area contributed by atoms with Crippen LogP contribution in [0.15, 0.2) is 18.2 Å². The van der Waals surface area contributed by atoms with Crippen molar-refractivity contribution in [2.24, 2.45) is 0 Å². The summed E-state index contributed by atoms with van der Waals surface area (Å²) in [5, 5.41) is 9.19. The van der Waals surface area contributed by atoms with Crippen LogP contribution in [0.4, 0.5) is 0 Å². The molecule has 0 bridgehead atoms. The predicted molar refractivity (Wildman–Crippen MR) is 87.4 cm³/mol. The molecule has 2 aliphatic heterocycles. The van der Waals surface area contributed by atoms with Gasteiger partial charge in [-0.25, -0.2) is 0 Å². The topological polar surface area (TPSA) is 82.1 Å². The Morgan fingerprint density at radius 1 is 1.25 bits per heavy atom. The van der Waals surface area contributed by atoms with Gasteiger partial charge in [0.05, 0.1) is 24.0 Å². The number of carbonyl (C=O) groups is 2. The summed E-state index contributed by atoms with van der Waals surface area (Å²) in [5.41, 5.74) is 0.408. The average molecular weight is 332 g/mol. The van der Waals surface area contributed by atoms with E-state index in [0.717, 1.165) is 5.46 Å². The standard InChI is InChI=1S/C17H21BO6/c1-16(2)17(3,4)24-18(23-16)11-6-5-7-12-15(11)10(8-13(19)20)9-14(21)22-12/h5-7,10H,8-9H2,1-4H3,(H,19,20). The van der Waals surface area contributed by atoms with Crippen molar-refractivity contribution in [2.75, 3.05) is 0 Å². The van der Waals surface area contributed by atoms with Crippen LogP contribution in [0.3, 0.4) is 0 Å². The number of aliphatic carboxylic acids is 1. The molecule has 0 amide bonds. The minimum absolute atomic E-state index is 0.0375. The third-order valence-electron chi connectivity index (χ3n) is 5.07. The monoisotopic (exact) mass is 332 g/mol. The van der Waals surface area contributed by atoms with Gasteiger partial charge < -0.3 is 19.2 Å². The second kappa shape index (κ2) is 5.60.